The number of rotatable bonds is 8. The number of carbonyl (C=O) groups excluding carboxylic acids is 2. The molecule has 0 aliphatic heterocycles. The molecule has 0 saturated carbocycles. The Balaban J connectivity index is 1.74. The van der Waals surface area contributed by atoms with Crippen LogP contribution in [0.4, 0.5) is 0 Å². The summed E-state index contributed by atoms with van der Waals surface area (Å²) in [5.41, 5.74) is 2.30. The van der Waals surface area contributed by atoms with Crippen LogP contribution in [0.25, 0.3) is 0 Å². The van der Waals surface area contributed by atoms with Gasteiger partial charge in [0.05, 0.1) is 6.04 Å². The summed E-state index contributed by atoms with van der Waals surface area (Å²) in [4.78, 5) is 23.0. The lowest BCUT2D eigenvalue weighted by Crippen LogP contribution is -2.36. The van der Waals surface area contributed by atoms with E-state index in [1.54, 1.807) is 0 Å². The lowest BCUT2D eigenvalue weighted by Gasteiger charge is -2.12. The van der Waals surface area contributed by atoms with Crippen molar-refractivity contribution in [3.05, 3.63) is 71.8 Å². The van der Waals surface area contributed by atoms with Crippen LogP contribution in [0.3, 0.4) is 0 Å². The molecule has 0 aliphatic rings. The molecule has 1 amide bonds. The first kappa shape index (κ1) is 16.0. The van der Waals surface area contributed by atoms with Gasteiger partial charge in [-0.2, -0.15) is 0 Å². The van der Waals surface area contributed by atoms with Gasteiger partial charge in [0.15, 0.2) is 0 Å². The molecule has 0 heterocycles. The second-order valence-electron chi connectivity index (χ2n) is 5.32. The van der Waals surface area contributed by atoms with E-state index in [1.165, 1.54) is 5.56 Å². The van der Waals surface area contributed by atoms with Gasteiger partial charge in [-0.25, -0.2) is 0 Å². The highest BCUT2D eigenvalue weighted by Gasteiger charge is 2.11. The van der Waals surface area contributed by atoms with E-state index in [2.05, 4.69) is 5.32 Å². The summed E-state index contributed by atoms with van der Waals surface area (Å²) in [6, 6.07) is 19.4. The number of benzene rings is 2. The maximum atomic E-state index is 11.9. The molecule has 1 atom stereocenters. The van der Waals surface area contributed by atoms with Crippen LogP contribution in [0.1, 0.15) is 24.0 Å². The van der Waals surface area contributed by atoms with E-state index in [1.807, 2.05) is 60.7 Å². The molecule has 0 unspecified atom stereocenters. The Labute approximate surface area is 131 Å². The highest BCUT2D eigenvalue weighted by molar-refractivity contribution is 5.79. The Kier molecular flexibility index (Phi) is 6.37. The van der Waals surface area contributed by atoms with Crippen molar-refractivity contribution in [2.24, 2.45) is 0 Å². The lowest BCUT2D eigenvalue weighted by atomic mass is 10.1. The molecule has 3 heteroatoms. The van der Waals surface area contributed by atoms with Crippen LogP contribution in [-0.2, 0) is 22.4 Å². The van der Waals surface area contributed by atoms with Crippen LogP contribution in [0.15, 0.2) is 60.7 Å². The number of aryl methyl sites for hydroxylation is 2. The average Bonchev–Trinajstić information content (AvgIpc) is 2.58. The van der Waals surface area contributed by atoms with Gasteiger partial charge in [-0.15, -0.1) is 0 Å². The highest BCUT2D eigenvalue weighted by atomic mass is 16.2. The van der Waals surface area contributed by atoms with E-state index in [0.717, 1.165) is 18.3 Å². The molecule has 0 spiro atoms. The van der Waals surface area contributed by atoms with Crippen LogP contribution in [0.5, 0.6) is 0 Å². The molecule has 2 aromatic carbocycles. The largest absolute Gasteiger partial charge is 0.347 e. The van der Waals surface area contributed by atoms with E-state index in [4.69, 9.17) is 0 Å². The van der Waals surface area contributed by atoms with Gasteiger partial charge < -0.3 is 10.1 Å². The van der Waals surface area contributed by atoms with E-state index >= 15 is 0 Å². The van der Waals surface area contributed by atoms with Gasteiger partial charge in [0.1, 0.15) is 6.29 Å². The fourth-order valence-electron chi connectivity index (χ4n) is 2.32. The monoisotopic (exact) mass is 295 g/mol. The van der Waals surface area contributed by atoms with Crippen LogP contribution < -0.4 is 5.32 Å². The summed E-state index contributed by atoms with van der Waals surface area (Å²) in [6.07, 6.45) is 3.33. The Morgan fingerprint density at radius 3 is 2.00 bits per heavy atom. The standard InChI is InChI=1S/C19H21NO2/c21-15-18(13-11-16-7-3-1-4-8-16)20-19(22)14-12-17-9-5-2-6-10-17/h1-10,15,18H,11-14H2,(H,20,22)/t18-/m0/s1. The predicted octanol–water partition coefficient (Wildman–Crippen LogP) is 2.94. The van der Waals surface area contributed by atoms with Crippen LogP contribution in [-0.4, -0.2) is 18.2 Å². The zero-order valence-corrected chi connectivity index (χ0v) is 12.6. The number of hydrogen-bond acceptors (Lipinski definition) is 2. The zero-order valence-electron chi connectivity index (χ0n) is 12.6. The Hall–Kier alpha value is -2.42. The van der Waals surface area contributed by atoms with Gasteiger partial charge in [0.2, 0.25) is 5.91 Å². The number of aldehydes is 1. The van der Waals surface area contributed by atoms with Crippen molar-refractivity contribution in [1.29, 1.82) is 0 Å². The van der Waals surface area contributed by atoms with Crippen LogP contribution in [0.2, 0.25) is 0 Å². The molecule has 0 aromatic heterocycles. The number of carbonyl (C=O) groups is 2. The third kappa shape index (κ3) is 5.52. The average molecular weight is 295 g/mol. The lowest BCUT2D eigenvalue weighted by molar-refractivity contribution is -0.124. The molecular weight excluding hydrogens is 274 g/mol. The first-order valence-electron chi connectivity index (χ1n) is 7.60. The summed E-state index contributed by atoms with van der Waals surface area (Å²) in [5.74, 6) is -0.0750. The normalized spacial score (nSPS) is 11.6. The fraction of sp³-hybridized carbons (Fsp3) is 0.263. The van der Waals surface area contributed by atoms with Gasteiger partial charge in [-0.05, 0) is 30.4 Å². The van der Waals surface area contributed by atoms with Gasteiger partial charge >= 0.3 is 0 Å². The van der Waals surface area contributed by atoms with Crippen molar-refractivity contribution in [2.45, 2.75) is 31.7 Å². The Morgan fingerprint density at radius 1 is 0.909 bits per heavy atom. The van der Waals surface area contributed by atoms with Crippen molar-refractivity contribution in [2.75, 3.05) is 0 Å². The molecule has 0 aliphatic carbocycles. The summed E-state index contributed by atoms with van der Waals surface area (Å²) < 4.78 is 0. The highest BCUT2D eigenvalue weighted by Crippen LogP contribution is 2.05. The van der Waals surface area contributed by atoms with Crippen LogP contribution in [0, 0.1) is 0 Å². The third-order valence-corrected chi connectivity index (χ3v) is 3.58. The van der Waals surface area contributed by atoms with E-state index in [0.29, 0.717) is 19.3 Å². The fourth-order valence-corrected chi connectivity index (χ4v) is 2.32. The number of amides is 1. The second kappa shape index (κ2) is 8.78. The van der Waals surface area contributed by atoms with Gasteiger partial charge in [-0.1, -0.05) is 60.7 Å². The predicted molar refractivity (Wildman–Crippen MR) is 87.5 cm³/mol. The van der Waals surface area contributed by atoms with E-state index in [-0.39, 0.29) is 5.91 Å². The minimum Gasteiger partial charge on any atom is -0.347 e. The molecule has 0 bridgehead atoms. The molecule has 3 nitrogen and oxygen atoms in total. The van der Waals surface area contributed by atoms with Crippen molar-refractivity contribution in [3.8, 4) is 0 Å². The van der Waals surface area contributed by atoms with Gasteiger partial charge in [0.25, 0.3) is 0 Å². The minimum absolute atomic E-state index is 0.0750. The molecule has 2 aromatic rings. The van der Waals surface area contributed by atoms with E-state index in [9.17, 15) is 9.59 Å². The Morgan fingerprint density at radius 2 is 1.45 bits per heavy atom. The maximum absolute atomic E-state index is 11.9. The smallest absolute Gasteiger partial charge is 0.220 e. The van der Waals surface area contributed by atoms with Crippen molar-refractivity contribution < 1.29 is 9.59 Å². The van der Waals surface area contributed by atoms with E-state index < -0.39 is 6.04 Å². The Bertz CT molecular complexity index is 581. The molecule has 0 saturated heterocycles. The molecule has 1 N–H and O–H groups in total. The topological polar surface area (TPSA) is 46.2 Å². The molecule has 0 fully saturated rings. The summed E-state index contributed by atoms with van der Waals surface area (Å²) in [5, 5.41) is 2.80. The maximum Gasteiger partial charge on any atom is 0.220 e. The minimum atomic E-state index is -0.413. The molecule has 114 valence electrons. The molecule has 0 radical (unpaired) electrons. The first-order valence-corrected chi connectivity index (χ1v) is 7.60. The molecular formula is C19H21NO2. The summed E-state index contributed by atoms with van der Waals surface area (Å²) >= 11 is 0. The quantitative estimate of drug-likeness (QED) is 0.761. The first-order chi connectivity index (χ1) is 10.8. The van der Waals surface area contributed by atoms with Gasteiger partial charge in [0, 0.05) is 6.42 Å². The zero-order chi connectivity index (χ0) is 15.6. The van der Waals surface area contributed by atoms with Gasteiger partial charge in [-0.3, -0.25) is 4.79 Å². The summed E-state index contributed by atoms with van der Waals surface area (Å²) in [6.45, 7) is 0. The molecule has 22 heavy (non-hydrogen) atoms. The van der Waals surface area contributed by atoms with Crippen molar-refractivity contribution >= 4 is 12.2 Å². The summed E-state index contributed by atoms with van der Waals surface area (Å²) in [7, 11) is 0. The third-order valence-electron chi connectivity index (χ3n) is 3.58. The van der Waals surface area contributed by atoms with Crippen molar-refractivity contribution in [1.82, 2.24) is 5.32 Å². The SMILES string of the molecule is O=C[C@H](CCc1ccccc1)NC(=O)CCc1ccccc1. The molecule has 2 rings (SSSR count). The second-order valence-corrected chi connectivity index (χ2v) is 5.32. The van der Waals surface area contributed by atoms with Crippen molar-refractivity contribution in [3.63, 3.8) is 0 Å². The van der Waals surface area contributed by atoms with Crippen LogP contribution >= 0.6 is 0 Å². The number of hydrogen-bond donors (Lipinski definition) is 1. The number of nitrogens with one attached hydrogen (secondary N) is 1.